The summed E-state index contributed by atoms with van der Waals surface area (Å²) in [5.41, 5.74) is 1.81. The van der Waals surface area contributed by atoms with Crippen molar-refractivity contribution < 1.29 is 9.59 Å². The lowest BCUT2D eigenvalue weighted by Crippen LogP contribution is -2.35. The lowest BCUT2D eigenvalue weighted by atomic mass is 10.3. The van der Waals surface area contributed by atoms with E-state index in [1.807, 2.05) is 0 Å². The van der Waals surface area contributed by atoms with Gasteiger partial charge >= 0.3 is 6.03 Å². The van der Waals surface area contributed by atoms with Crippen LogP contribution in [0.5, 0.6) is 0 Å². The van der Waals surface area contributed by atoms with Gasteiger partial charge in [0.1, 0.15) is 0 Å². The van der Waals surface area contributed by atoms with E-state index < -0.39 is 9.82 Å². The van der Waals surface area contributed by atoms with E-state index in [0.717, 1.165) is 11.8 Å². The number of carbonyl (C=O) groups is 2. The molecular formula is C18H14Cl4N4O2S. The molecule has 0 saturated carbocycles. The molecule has 3 rings (SSSR count). The molecule has 0 atom stereocenters. The third kappa shape index (κ3) is 6.17. The Morgan fingerprint density at radius 3 is 2.45 bits per heavy atom. The smallest absolute Gasteiger partial charge is 0.328 e. The minimum Gasteiger partial charge on any atom is -0.333 e. The molecule has 0 aliphatic carbocycles. The van der Waals surface area contributed by atoms with Crippen molar-refractivity contribution in [3.8, 4) is 0 Å². The van der Waals surface area contributed by atoms with Crippen LogP contribution in [0.3, 0.4) is 0 Å². The average molecular weight is 492 g/mol. The lowest BCUT2D eigenvalue weighted by Gasteiger charge is -2.13. The second kappa shape index (κ2) is 9.45. The van der Waals surface area contributed by atoms with Gasteiger partial charge < -0.3 is 10.6 Å². The first-order valence-corrected chi connectivity index (χ1v) is 10.7. The Hall–Kier alpha value is -1.64. The third-order valence-electron chi connectivity index (χ3n) is 3.63. The van der Waals surface area contributed by atoms with E-state index in [2.05, 4.69) is 15.6 Å². The Bertz CT molecular complexity index is 1030. The van der Waals surface area contributed by atoms with E-state index in [4.69, 9.17) is 46.4 Å². The van der Waals surface area contributed by atoms with Crippen molar-refractivity contribution in [2.45, 2.75) is 8.95 Å². The predicted octanol–water partition coefficient (Wildman–Crippen LogP) is 5.35. The quantitative estimate of drug-likeness (QED) is 0.372. The van der Waals surface area contributed by atoms with Gasteiger partial charge in [-0.3, -0.25) is 4.79 Å². The normalized spacial score (nSPS) is 11.4. The molecule has 0 bridgehead atoms. The summed E-state index contributed by atoms with van der Waals surface area (Å²) in [6.07, 6.45) is 0. The maximum atomic E-state index is 12.7. The number of rotatable bonds is 5. The highest BCUT2D eigenvalue weighted by molar-refractivity contribution is 7.99. The fourth-order valence-electron chi connectivity index (χ4n) is 2.41. The number of carbonyl (C=O) groups excluding carboxylic acids is 2. The number of nitrogens with zero attached hydrogens (tertiary/aromatic N) is 2. The Kier molecular flexibility index (Phi) is 7.19. The van der Waals surface area contributed by atoms with Gasteiger partial charge in [0.15, 0.2) is 5.16 Å². The molecule has 11 heteroatoms. The molecule has 152 valence electrons. The fourth-order valence-corrected chi connectivity index (χ4v) is 3.54. The second-order valence-corrected chi connectivity index (χ2v) is 9.73. The fraction of sp³-hybridized carbons (Fsp3) is 0.167. The van der Waals surface area contributed by atoms with E-state index in [0.29, 0.717) is 26.9 Å². The molecule has 0 saturated heterocycles. The first-order chi connectivity index (χ1) is 13.7. The molecule has 0 unspecified atom stereocenters. The van der Waals surface area contributed by atoms with Gasteiger partial charge in [0.2, 0.25) is 9.70 Å². The van der Waals surface area contributed by atoms with Crippen LogP contribution in [0.1, 0.15) is 0 Å². The Labute approximate surface area is 190 Å². The summed E-state index contributed by atoms with van der Waals surface area (Å²) >= 11 is 24.1. The van der Waals surface area contributed by atoms with Gasteiger partial charge in [-0.2, -0.15) is 0 Å². The highest BCUT2D eigenvalue weighted by Gasteiger charge is 2.23. The van der Waals surface area contributed by atoms with Crippen LogP contribution >= 0.6 is 58.2 Å². The van der Waals surface area contributed by atoms with Crippen molar-refractivity contribution in [2.24, 2.45) is 0 Å². The van der Waals surface area contributed by atoms with Crippen LogP contribution in [0.15, 0.2) is 53.7 Å². The lowest BCUT2D eigenvalue weighted by molar-refractivity contribution is -0.113. The number of anilines is 1. The number of halogens is 4. The summed E-state index contributed by atoms with van der Waals surface area (Å²) in [7, 11) is 0. The number of hydrogen-bond acceptors (Lipinski definition) is 4. The van der Waals surface area contributed by atoms with Gasteiger partial charge in [-0.15, -0.1) is 0 Å². The Balaban J connectivity index is 1.75. The molecule has 3 aromatic rings. The van der Waals surface area contributed by atoms with E-state index in [-0.39, 0.29) is 18.2 Å². The highest BCUT2D eigenvalue weighted by Crippen LogP contribution is 2.26. The van der Waals surface area contributed by atoms with Gasteiger partial charge in [-0.1, -0.05) is 70.3 Å². The van der Waals surface area contributed by atoms with Crippen molar-refractivity contribution >= 4 is 86.8 Å². The molecule has 2 amide bonds. The van der Waals surface area contributed by atoms with Crippen LogP contribution in [-0.2, 0) is 4.79 Å². The van der Waals surface area contributed by atoms with Crippen LogP contribution in [-0.4, -0.2) is 37.6 Å². The van der Waals surface area contributed by atoms with Crippen LogP contribution < -0.4 is 10.6 Å². The largest absolute Gasteiger partial charge is 0.333 e. The zero-order chi connectivity index (χ0) is 21.0. The minimum atomic E-state index is -1.63. The predicted molar refractivity (Wildman–Crippen MR) is 120 cm³/mol. The van der Waals surface area contributed by atoms with Crippen molar-refractivity contribution in [1.29, 1.82) is 0 Å². The number of imidazole rings is 1. The molecule has 29 heavy (non-hydrogen) atoms. The Morgan fingerprint density at radius 2 is 1.76 bits per heavy atom. The van der Waals surface area contributed by atoms with E-state index in [9.17, 15) is 9.59 Å². The summed E-state index contributed by atoms with van der Waals surface area (Å²) < 4.78 is -0.274. The average Bonchev–Trinajstić information content (AvgIpc) is 3.04. The monoisotopic (exact) mass is 490 g/mol. The van der Waals surface area contributed by atoms with Crippen LogP contribution in [0.2, 0.25) is 5.02 Å². The number of alkyl halides is 3. The van der Waals surface area contributed by atoms with Crippen molar-refractivity contribution in [1.82, 2.24) is 14.9 Å². The van der Waals surface area contributed by atoms with Crippen molar-refractivity contribution in [3.63, 3.8) is 0 Å². The molecule has 2 aromatic carbocycles. The maximum Gasteiger partial charge on any atom is 0.328 e. The first-order valence-electron chi connectivity index (χ1n) is 8.23. The summed E-state index contributed by atoms with van der Waals surface area (Å²) in [5.74, 6) is -0.207. The molecule has 2 N–H and O–H groups in total. The van der Waals surface area contributed by atoms with Crippen molar-refractivity contribution in [3.05, 3.63) is 53.6 Å². The SMILES string of the molecule is O=C(CSc1nc2ccccc2n1C(=O)NCC(Cl)(Cl)Cl)Nc1ccc(Cl)cc1. The molecule has 1 aromatic heterocycles. The number of nitrogens with one attached hydrogen (secondary N) is 2. The molecule has 0 aliphatic rings. The molecule has 0 radical (unpaired) electrons. The molecule has 0 aliphatic heterocycles. The van der Waals surface area contributed by atoms with E-state index in [1.54, 1.807) is 48.5 Å². The highest BCUT2D eigenvalue weighted by atomic mass is 35.6. The summed E-state index contributed by atoms with van der Waals surface area (Å²) in [6, 6.07) is 13.4. The summed E-state index contributed by atoms with van der Waals surface area (Å²) in [6.45, 7) is -0.176. The van der Waals surface area contributed by atoms with Gasteiger partial charge in [-0.05, 0) is 36.4 Å². The van der Waals surface area contributed by atoms with E-state index in [1.165, 1.54) is 4.57 Å². The molecule has 6 nitrogen and oxygen atoms in total. The number of benzene rings is 2. The topological polar surface area (TPSA) is 76.0 Å². The number of thioether (sulfide) groups is 1. The first kappa shape index (κ1) is 22.1. The molecular weight excluding hydrogens is 478 g/mol. The summed E-state index contributed by atoms with van der Waals surface area (Å²) in [4.78, 5) is 29.4. The zero-order valence-corrected chi connectivity index (χ0v) is 18.5. The van der Waals surface area contributed by atoms with Crippen molar-refractivity contribution in [2.75, 3.05) is 17.6 Å². The van der Waals surface area contributed by atoms with Crippen LogP contribution in [0.25, 0.3) is 11.0 Å². The molecule has 1 heterocycles. The number of para-hydroxylation sites is 2. The third-order valence-corrected chi connectivity index (χ3v) is 5.22. The number of amides is 2. The van der Waals surface area contributed by atoms with Gasteiger partial charge in [0, 0.05) is 10.7 Å². The zero-order valence-electron chi connectivity index (χ0n) is 14.7. The van der Waals surface area contributed by atoms with Gasteiger partial charge in [0.05, 0.1) is 23.3 Å². The minimum absolute atomic E-state index is 0.0453. The number of fused-ring (bicyclic) bond motifs is 1. The van der Waals surface area contributed by atoms with E-state index >= 15 is 0 Å². The van der Waals surface area contributed by atoms with Crippen LogP contribution in [0.4, 0.5) is 10.5 Å². The van der Waals surface area contributed by atoms with Gasteiger partial charge in [0.25, 0.3) is 0 Å². The second-order valence-electron chi connectivity index (χ2n) is 5.84. The molecule has 0 fully saturated rings. The molecule has 0 spiro atoms. The Morgan fingerprint density at radius 1 is 1.07 bits per heavy atom. The summed E-state index contributed by atoms with van der Waals surface area (Å²) in [5, 5.41) is 6.23. The van der Waals surface area contributed by atoms with Crippen LogP contribution in [0, 0.1) is 0 Å². The van der Waals surface area contributed by atoms with Gasteiger partial charge in [-0.25, -0.2) is 14.3 Å². The standard InChI is InChI=1S/C18H14Cl4N4O2S/c19-11-5-7-12(8-6-11)24-15(27)9-29-17-25-13-3-1-2-4-14(13)26(17)16(28)23-10-18(20,21)22/h1-8H,9-10H2,(H,23,28)(H,24,27). The number of hydrogen-bond donors (Lipinski definition) is 2. The maximum absolute atomic E-state index is 12.7. The number of aromatic nitrogens is 2.